The number of allylic oxidation sites excluding steroid dienone is 4. The van der Waals surface area contributed by atoms with Crippen molar-refractivity contribution in [3.8, 4) is 12.3 Å². The van der Waals surface area contributed by atoms with E-state index in [1.165, 1.54) is 38.5 Å². The van der Waals surface area contributed by atoms with Crippen molar-refractivity contribution >= 4 is 5.91 Å². The van der Waals surface area contributed by atoms with E-state index < -0.39 is 0 Å². The highest BCUT2D eigenvalue weighted by Crippen LogP contribution is 2.07. The van der Waals surface area contributed by atoms with Gasteiger partial charge in [-0.3, -0.25) is 4.79 Å². The van der Waals surface area contributed by atoms with Crippen LogP contribution < -0.4 is 5.32 Å². The van der Waals surface area contributed by atoms with Crippen LogP contribution in [0.2, 0.25) is 0 Å². The van der Waals surface area contributed by atoms with Crippen molar-refractivity contribution in [1.29, 1.82) is 0 Å². The number of carbonyl (C=O) groups is 1. The third-order valence-corrected chi connectivity index (χ3v) is 3.22. The van der Waals surface area contributed by atoms with E-state index in [0.717, 1.165) is 19.3 Å². The maximum Gasteiger partial charge on any atom is 0.220 e. The number of nitrogens with one attached hydrogen (secondary N) is 1. The van der Waals surface area contributed by atoms with Crippen molar-refractivity contribution < 1.29 is 4.79 Å². The van der Waals surface area contributed by atoms with Crippen LogP contribution in [0.1, 0.15) is 71.1 Å². The fourth-order valence-corrected chi connectivity index (χ4v) is 1.99. The molecule has 0 aliphatic rings. The van der Waals surface area contributed by atoms with Crippen molar-refractivity contribution in [3.63, 3.8) is 0 Å². The standard InChI is InChI=1S/C19H31NO/c1-3-5-6-7-8-9-10-11-12-13-14-15-16-17-19(21)20-18-4-2/h2,6-7,9-10H,3,5,8,11-18H2,1H3,(H,20,21)/b7-6-,10-9-. The molecule has 0 aromatic heterocycles. The Morgan fingerprint density at radius 2 is 1.67 bits per heavy atom. The lowest BCUT2D eigenvalue weighted by atomic mass is 10.1. The van der Waals surface area contributed by atoms with Gasteiger partial charge in [-0.05, 0) is 32.1 Å². The molecule has 0 fully saturated rings. The monoisotopic (exact) mass is 289 g/mol. The van der Waals surface area contributed by atoms with Gasteiger partial charge in [-0.15, -0.1) is 6.42 Å². The smallest absolute Gasteiger partial charge is 0.220 e. The topological polar surface area (TPSA) is 29.1 Å². The zero-order chi connectivity index (χ0) is 15.6. The summed E-state index contributed by atoms with van der Waals surface area (Å²) in [5.74, 6) is 2.48. The second kappa shape index (κ2) is 16.6. The number of carbonyl (C=O) groups excluding carboxylic acids is 1. The zero-order valence-electron chi connectivity index (χ0n) is 13.6. The molecule has 0 saturated heterocycles. The van der Waals surface area contributed by atoms with Gasteiger partial charge in [0.1, 0.15) is 0 Å². The molecule has 2 heteroatoms. The summed E-state index contributed by atoms with van der Waals surface area (Å²) in [5, 5.41) is 2.69. The summed E-state index contributed by atoms with van der Waals surface area (Å²) in [6, 6.07) is 0. The van der Waals surface area contributed by atoms with E-state index >= 15 is 0 Å². The zero-order valence-corrected chi connectivity index (χ0v) is 13.6. The van der Waals surface area contributed by atoms with Crippen molar-refractivity contribution in [2.45, 2.75) is 71.1 Å². The van der Waals surface area contributed by atoms with Crippen LogP contribution in [0.4, 0.5) is 0 Å². The van der Waals surface area contributed by atoms with Gasteiger partial charge in [0, 0.05) is 6.42 Å². The molecule has 0 aliphatic heterocycles. The molecule has 118 valence electrons. The summed E-state index contributed by atoms with van der Waals surface area (Å²) in [6.07, 6.45) is 25.2. The highest BCUT2D eigenvalue weighted by atomic mass is 16.1. The molecule has 21 heavy (non-hydrogen) atoms. The van der Waals surface area contributed by atoms with Gasteiger partial charge in [0.2, 0.25) is 5.91 Å². The molecule has 0 radical (unpaired) electrons. The predicted octanol–water partition coefficient (Wildman–Crippen LogP) is 4.77. The van der Waals surface area contributed by atoms with Gasteiger partial charge < -0.3 is 5.32 Å². The number of hydrogen-bond donors (Lipinski definition) is 1. The minimum Gasteiger partial charge on any atom is -0.345 e. The van der Waals surface area contributed by atoms with Gasteiger partial charge >= 0.3 is 0 Å². The maximum atomic E-state index is 11.3. The second-order valence-electron chi connectivity index (χ2n) is 5.25. The summed E-state index contributed by atoms with van der Waals surface area (Å²) in [6.45, 7) is 2.54. The average molecular weight is 289 g/mol. The predicted molar refractivity (Wildman–Crippen MR) is 92.0 cm³/mol. The molecule has 0 atom stereocenters. The Morgan fingerprint density at radius 1 is 1.00 bits per heavy atom. The molecule has 1 amide bonds. The molecule has 0 unspecified atom stereocenters. The van der Waals surface area contributed by atoms with E-state index in [0.29, 0.717) is 13.0 Å². The van der Waals surface area contributed by atoms with Crippen molar-refractivity contribution in [2.24, 2.45) is 0 Å². The number of hydrogen-bond acceptors (Lipinski definition) is 1. The third kappa shape index (κ3) is 16.5. The quantitative estimate of drug-likeness (QED) is 0.295. The average Bonchev–Trinajstić information content (AvgIpc) is 2.49. The van der Waals surface area contributed by atoms with Crippen molar-refractivity contribution in [2.75, 3.05) is 6.54 Å². The minimum absolute atomic E-state index is 0.0759. The van der Waals surface area contributed by atoms with Gasteiger partial charge in [0.15, 0.2) is 0 Å². The van der Waals surface area contributed by atoms with E-state index in [-0.39, 0.29) is 5.91 Å². The molecule has 0 aliphatic carbocycles. The first-order valence-corrected chi connectivity index (χ1v) is 8.31. The minimum atomic E-state index is 0.0759. The van der Waals surface area contributed by atoms with Crippen molar-refractivity contribution in [1.82, 2.24) is 5.32 Å². The number of rotatable bonds is 13. The number of terminal acetylenes is 1. The second-order valence-corrected chi connectivity index (χ2v) is 5.25. The Bertz CT molecular complexity index is 336. The van der Waals surface area contributed by atoms with Gasteiger partial charge in [-0.25, -0.2) is 0 Å². The van der Waals surface area contributed by atoms with E-state index in [2.05, 4.69) is 42.5 Å². The molecule has 0 aromatic carbocycles. The van der Waals surface area contributed by atoms with E-state index in [4.69, 9.17) is 6.42 Å². The summed E-state index contributed by atoms with van der Waals surface area (Å²) < 4.78 is 0. The van der Waals surface area contributed by atoms with Crippen LogP contribution in [-0.2, 0) is 4.79 Å². The highest BCUT2D eigenvalue weighted by Gasteiger charge is 1.98. The summed E-state index contributed by atoms with van der Waals surface area (Å²) >= 11 is 0. The molecule has 1 N–H and O–H groups in total. The molecule has 0 bridgehead atoms. The van der Waals surface area contributed by atoms with Crippen molar-refractivity contribution in [3.05, 3.63) is 24.3 Å². The van der Waals surface area contributed by atoms with Gasteiger partial charge in [0.05, 0.1) is 6.54 Å². The first-order valence-electron chi connectivity index (χ1n) is 8.31. The van der Waals surface area contributed by atoms with Gasteiger partial charge in [-0.2, -0.15) is 0 Å². The van der Waals surface area contributed by atoms with E-state index in [1.54, 1.807) is 0 Å². The Balaban J connectivity index is 3.24. The molecule has 0 aromatic rings. The molecule has 0 heterocycles. The van der Waals surface area contributed by atoms with E-state index in [1.807, 2.05) is 0 Å². The normalized spacial score (nSPS) is 11.0. The van der Waals surface area contributed by atoms with Crippen LogP contribution in [-0.4, -0.2) is 12.5 Å². The fraction of sp³-hybridized carbons (Fsp3) is 0.632. The number of amides is 1. The molecule has 0 rings (SSSR count). The lowest BCUT2D eigenvalue weighted by molar-refractivity contribution is -0.120. The first kappa shape index (κ1) is 19.5. The van der Waals surface area contributed by atoms with Crippen LogP contribution >= 0.6 is 0 Å². The molecular weight excluding hydrogens is 258 g/mol. The maximum absolute atomic E-state index is 11.3. The van der Waals surface area contributed by atoms with Crippen LogP contribution in [0.15, 0.2) is 24.3 Å². The lowest BCUT2D eigenvalue weighted by Gasteiger charge is -2.01. The van der Waals surface area contributed by atoms with E-state index in [9.17, 15) is 4.79 Å². The van der Waals surface area contributed by atoms with Gasteiger partial charge in [-0.1, -0.05) is 62.8 Å². The van der Waals surface area contributed by atoms with Gasteiger partial charge in [0.25, 0.3) is 0 Å². The summed E-state index contributed by atoms with van der Waals surface area (Å²) in [5.41, 5.74) is 0. The lowest BCUT2D eigenvalue weighted by Crippen LogP contribution is -2.22. The van der Waals surface area contributed by atoms with Crippen LogP contribution in [0.5, 0.6) is 0 Å². The third-order valence-electron chi connectivity index (χ3n) is 3.22. The fourth-order valence-electron chi connectivity index (χ4n) is 1.99. The molecule has 0 spiro atoms. The highest BCUT2D eigenvalue weighted by molar-refractivity contribution is 5.76. The number of unbranched alkanes of at least 4 members (excludes halogenated alkanes) is 6. The Hall–Kier alpha value is -1.49. The SMILES string of the molecule is C#CCNC(=O)CCCCCCC/C=C\C/C=C\CCC. The summed E-state index contributed by atoms with van der Waals surface area (Å²) in [7, 11) is 0. The molecular formula is C19H31NO. The Kier molecular flexibility index (Phi) is 15.4. The van der Waals surface area contributed by atoms with Crippen LogP contribution in [0, 0.1) is 12.3 Å². The Morgan fingerprint density at radius 3 is 2.38 bits per heavy atom. The summed E-state index contributed by atoms with van der Waals surface area (Å²) in [4.78, 5) is 11.3. The largest absolute Gasteiger partial charge is 0.345 e. The Labute approximate surface area is 131 Å². The first-order chi connectivity index (χ1) is 10.3. The van der Waals surface area contributed by atoms with Crippen LogP contribution in [0.3, 0.4) is 0 Å². The molecule has 2 nitrogen and oxygen atoms in total. The molecule has 0 saturated carbocycles. The van der Waals surface area contributed by atoms with Crippen LogP contribution in [0.25, 0.3) is 0 Å².